The fourth-order valence-corrected chi connectivity index (χ4v) is 3.36. The van der Waals surface area contributed by atoms with E-state index in [0.717, 1.165) is 35.1 Å². The van der Waals surface area contributed by atoms with Crippen molar-refractivity contribution in [2.24, 2.45) is 0 Å². The second-order valence-electron chi connectivity index (χ2n) is 7.13. The molecule has 1 amide bonds. The summed E-state index contributed by atoms with van der Waals surface area (Å²) < 4.78 is 19.5. The van der Waals surface area contributed by atoms with Gasteiger partial charge in [0, 0.05) is 30.6 Å². The van der Waals surface area contributed by atoms with Crippen LogP contribution < -0.4 is 15.0 Å². The SMILES string of the molecule is CNc1cc(C=O)cc(C)c1CN(C=O)c1cc(OCc2ncccc2F)ccc1C. The molecule has 1 heterocycles. The molecule has 0 bridgehead atoms. The van der Waals surface area contributed by atoms with E-state index in [2.05, 4.69) is 10.3 Å². The number of aldehydes is 1. The van der Waals surface area contributed by atoms with Gasteiger partial charge in [-0.1, -0.05) is 6.07 Å². The highest BCUT2D eigenvalue weighted by Gasteiger charge is 2.16. The van der Waals surface area contributed by atoms with E-state index in [9.17, 15) is 14.0 Å². The molecule has 7 heteroatoms. The second-order valence-corrected chi connectivity index (χ2v) is 7.13. The summed E-state index contributed by atoms with van der Waals surface area (Å²) in [6, 6.07) is 11.8. The van der Waals surface area contributed by atoms with Crippen LogP contribution in [-0.2, 0) is 17.9 Å². The summed E-state index contributed by atoms with van der Waals surface area (Å²) >= 11 is 0. The van der Waals surface area contributed by atoms with Crippen LogP contribution in [0.15, 0.2) is 48.7 Å². The number of nitrogens with one attached hydrogen (secondary N) is 1. The van der Waals surface area contributed by atoms with E-state index in [1.807, 2.05) is 19.9 Å². The minimum Gasteiger partial charge on any atom is -0.487 e. The zero-order chi connectivity index (χ0) is 22.4. The number of rotatable bonds is 9. The zero-order valence-corrected chi connectivity index (χ0v) is 17.7. The number of ether oxygens (including phenoxy) is 1. The van der Waals surface area contributed by atoms with E-state index in [1.165, 1.54) is 18.3 Å². The summed E-state index contributed by atoms with van der Waals surface area (Å²) in [5.41, 5.74) is 4.92. The summed E-state index contributed by atoms with van der Waals surface area (Å²) in [5, 5.41) is 3.09. The molecule has 3 rings (SSSR count). The van der Waals surface area contributed by atoms with Crippen LogP contribution in [0.2, 0.25) is 0 Å². The molecule has 0 aliphatic rings. The van der Waals surface area contributed by atoms with Crippen LogP contribution in [0.3, 0.4) is 0 Å². The maximum absolute atomic E-state index is 13.8. The molecule has 0 saturated heterocycles. The lowest BCUT2D eigenvalue weighted by Gasteiger charge is -2.23. The fraction of sp³-hybridized carbons (Fsp3) is 0.208. The minimum atomic E-state index is -0.432. The third kappa shape index (κ3) is 5.06. The normalized spacial score (nSPS) is 10.5. The van der Waals surface area contributed by atoms with E-state index < -0.39 is 5.82 Å². The Kier molecular flexibility index (Phi) is 6.97. The van der Waals surface area contributed by atoms with Gasteiger partial charge in [-0.25, -0.2) is 4.39 Å². The first-order valence-electron chi connectivity index (χ1n) is 9.78. The number of hydrogen-bond donors (Lipinski definition) is 1. The molecular weight excluding hydrogens is 397 g/mol. The molecule has 0 spiro atoms. The maximum atomic E-state index is 13.8. The predicted molar refractivity (Wildman–Crippen MR) is 118 cm³/mol. The van der Waals surface area contributed by atoms with Crippen molar-refractivity contribution in [2.45, 2.75) is 27.0 Å². The molecule has 1 aromatic heterocycles. The predicted octanol–water partition coefficient (Wildman–Crippen LogP) is 4.43. The molecule has 0 radical (unpaired) electrons. The first kappa shape index (κ1) is 22.0. The molecular formula is C24H24FN3O3. The lowest BCUT2D eigenvalue weighted by atomic mass is 10.0. The van der Waals surface area contributed by atoms with Gasteiger partial charge in [0.2, 0.25) is 6.41 Å². The van der Waals surface area contributed by atoms with Crippen molar-refractivity contribution >= 4 is 24.1 Å². The van der Waals surface area contributed by atoms with Crippen molar-refractivity contribution < 1.29 is 18.7 Å². The van der Waals surface area contributed by atoms with E-state index in [1.54, 1.807) is 36.2 Å². The summed E-state index contributed by atoms with van der Waals surface area (Å²) in [6.45, 7) is 4.09. The number of hydrogen-bond acceptors (Lipinski definition) is 5. The highest BCUT2D eigenvalue weighted by atomic mass is 19.1. The lowest BCUT2D eigenvalue weighted by molar-refractivity contribution is -0.107. The van der Waals surface area contributed by atoms with E-state index in [-0.39, 0.29) is 12.3 Å². The van der Waals surface area contributed by atoms with Gasteiger partial charge in [-0.3, -0.25) is 14.6 Å². The van der Waals surface area contributed by atoms with Gasteiger partial charge >= 0.3 is 0 Å². The Morgan fingerprint density at radius 2 is 1.94 bits per heavy atom. The number of aryl methyl sites for hydroxylation is 2. The molecule has 0 aliphatic heterocycles. The van der Waals surface area contributed by atoms with Crippen LogP contribution in [0, 0.1) is 19.7 Å². The Morgan fingerprint density at radius 1 is 1.13 bits per heavy atom. The van der Waals surface area contributed by atoms with Gasteiger partial charge in [0.05, 0.1) is 12.2 Å². The molecule has 1 N–H and O–H groups in total. The molecule has 0 unspecified atom stereocenters. The summed E-state index contributed by atoms with van der Waals surface area (Å²) in [4.78, 5) is 28.7. The number of anilines is 2. The van der Waals surface area contributed by atoms with Gasteiger partial charge in [-0.05, 0) is 60.9 Å². The van der Waals surface area contributed by atoms with Crippen molar-refractivity contribution in [3.63, 3.8) is 0 Å². The molecule has 0 fully saturated rings. The van der Waals surface area contributed by atoms with Gasteiger partial charge in [0.1, 0.15) is 30.2 Å². The number of nitrogens with zero attached hydrogens (tertiary/aromatic N) is 2. The summed E-state index contributed by atoms with van der Waals surface area (Å²) in [7, 11) is 1.77. The van der Waals surface area contributed by atoms with E-state index >= 15 is 0 Å². The molecule has 3 aromatic rings. The van der Waals surface area contributed by atoms with Crippen molar-refractivity contribution in [1.82, 2.24) is 4.98 Å². The number of amides is 1. The Labute approximate surface area is 180 Å². The third-order valence-corrected chi connectivity index (χ3v) is 5.06. The average Bonchev–Trinajstić information content (AvgIpc) is 2.78. The molecule has 160 valence electrons. The Bertz CT molecular complexity index is 1100. The maximum Gasteiger partial charge on any atom is 0.214 e. The van der Waals surface area contributed by atoms with Gasteiger partial charge in [0.15, 0.2) is 0 Å². The highest BCUT2D eigenvalue weighted by Crippen LogP contribution is 2.30. The fourth-order valence-electron chi connectivity index (χ4n) is 3.36. The third-order valence-electron chi connectivity index (χ3n) is 5.06. The monoisotopic (exact) mass is 421 g/mol. The average molecular weight is 421 g/mol. The van der Waals surface area contributed by atoms with Crippen molar-refractivity contribution in [3.8, 4) is 5.75 Å². The van der Waals surface area contributed by atoms with Gasteiger partial charge in [-0.15, -0.1) is 0 Å². The zero-order valence-electron chi connectivity index (χ0n) is 17.7. The molecule has 0 aliphatic carbocycles. The minimum absolute atomic E-state index is 0.0214. The quantitative estimate of drug-likeness (QED) is 0.518. The first-order valence-corrected chi connectivity index (χ1v) is 9.78. The van der Waals surface area contributed by atoms with Crippen molar-refractivity contribution in [2.75, 3.05) is 17.3 Å². The van der Waals surface area contributed by atoms with Crippen molar-refractivity contribution in [3.05, 3.63) is 82.4 Å². The molecule has 2 aromatic carbocycles. The largest absolute Gasteiger partial charge is 0.487 e. The smallest absolute Gasteiger partial charge is 0.214 e. The number of halogens is 1. The van der Waals surface area contributed by atoms with Gasteiger partial charge < -0.3 is 15.0 Å². The molecule has 0 saturated carbocycles. The van der Waals surface area contributed by atoms with Crippen LogP contribution in [0.25, 0.3) is 0 Å². The number of carbonyl (C=O) groups is 2. The lowest BCUT2D eigenvalue weighted by Crippen LogP contribution is -2.22. The van der Waals surface area contributed by atoms with Crippen LogP contribution in [0.4, 0.5) is 15.8 Å². The second kappa shape index (κ2) is 9.84. The molecule has 6 nitrogen and oxygen atoms in total. The number of aromatic nitrogens is 1. The number of benzene rings is 2. The Hall–Kier alpha value is -3.74. The van der Waals surface area contributed by atoms with E-state index in [4.69, 9.17) is 4.74 Å². The molecule has 0 atom stereocenters. The van der Waals surface area contributed by atoms with E-state index in [0.29, 0.717) is 23.5 Å². The summed E-state index contributed by atoms with van der Waals surface area (Å²) in [5.74, 6) is 0.0672. The molecule has 31 heavy (non-hydrogen) atoms. The van der Waals surface area contributed by atoms with Gasteiger partial charge in [0.25, 0.3) is 0 Å². The van der Waals surface area contributed by atoms with Crippen LogP contribution in [0.1, 0.15) is 32.7 Å². The van der Waals surface area contributed by atoms with Crippen LogP contribution in [-0.4, -0.2) is 24.7 Å². The number of carbonyl (C=O) groups excluding carboxylic acids is 2. The van der Waals surface area contributed by atoms with Crippen LogP contribution >= 0.6 is 0 Å². The highest BCUT2D eigenvalue weighted by molar-refractivity contribution is 5.81. The topological polar surface area (TPSA) is 71.5 Å². The standard InChI is InChI=1S/C24H24FN3O3/c1-16-6-7-19(31-14-23-21(25)5-4-8-27-23)11-24(16)28(15-30)12-20-17(2)9-18(13-29)10-22(20)26-3/h4-11,13,15,26H,12,14H2,1-3H3. The number of pyridine rings is 1. The Balaban J connectivity index is 1.87. The van der Waals surface area contributed by atoms with Crippen molar-refractivity contribution in [1.29, 1.82) is 0 Å². The summed E-state index contributed by atoms with van der Waals surface area (Å²) in [6.07, 6.45) is 3.07. The Morgan fingerprint density at radius 3 is 2.61 bits per heavy atom. The van der Waals surface area contributed by atoms with Crippen LogP contribution in [0.5, 0.6) is 5.75 Å². The van der Waals surface area contributed by atoms with Gasteiger partial charge in [-0.2, -0.15) is 0 Å². The first-order chi connectivity index (χ1) is 15.0.